The molecule has 1 N–H and O–H groups in total. The van der Waals surface area contributed by atoms with Crippen LogP contribution < -0.4 is 5.32 Å². The number of likely N-dealkylation sites (tertiary alicyclic amines) is 1. The molecule has 6 nitrogen and oxygen atoms in total. The van der Waals surface area contributed by atoms with E-state index >= 15 is 0 Å². The SMILES string of the molecule is COC(=O)CN1CCC(Nc2ccc(-n3cc(C)cn3)c(F)c2)CC1. The Morgan fingerprint density at radius 3 is 2.76 bits per heavy atom. The summed E-state index contributed by atoms with van der Waals surface area (Å²) < 4.78 is 20.6. The maximum absolute atomic E-state index is 14.4. The first kappa shape index (κ1) is 17.4. The third-order valence-corrected chi connectivity index (χ3v) is 4.44. The van der Waals surface area contributed by atoms with Crippen molar-refractivity contribution in [1.82, 2.24) is 14.7 Å². The quantitative estimate of drug-likeness (QED) is 0.843. The average Bonchev–Trinajstić information content (AvgIpc) is 3.03. The molecule has 1 aromatic carbocycles. The van der Waals surface area contributed by atoms with Gasteiger partial charge in [0.05, 0.1) is 19.9 Å². The summed E-state index contributed by atoms with van der Waals surface area (Å²) in [7, 11) is 1.40. The van der Waals surface area contributed by atoms with Crippen LogP contribution in [0.4, 0.5) is 10.1 Å². The molecule has 1 fully saturated rings. The zero-order valence-electron chi connectivity index (χ0n) is 14.5. The van der Waals surface area contributed by atoms with Crippen LogP contribution in [0.3, 0.4) is 0 Å². The number of rotatable bonds is 5. The zero-order valence-corrected chi connectivity index (χ0v) is 14.5. The molecule has 0 atom stereocenters. The van der Waals surface area contributed by atoms with Gasteiger partial charge in [-0.25, -0.2) is 9.07 Å². The molecule has 0 spiro atoms. The molecule has 0 bridgehead atoms. The smallest absolute Gasteiger partial charge is 0.319 e. The number of nitrogens with one attached hydrogen (secondary N) is 1. The Hall–Kier alpha value is -2.41. The third-order valence-electron chi connectivity index (χ3n) is 4.44. The molecule has 1 saturated heterocycles. The van der Waals surface area contributed by atoms with Gasteiger partial charge in [-0.15, -0.1) is 0 Å². The summed E-state index contributed by atoms with van der Waals surface area (Å²) in [5.74, 6) is -0.519. The van der Waals surface area contributed by atoms with Crippen LogP contribution in [0.2, 0.25) is 0 Å². The van der Waals surface area contributed by atoms with Gasteiger partial charge in [-0.3, -0.25) is 9.69 Å². The molecule has 1 aliphatic heterocycles. The number of hydrogen-bond acceptors (Lipinski definition) is 5. The standard InChI is InChI=1S/C18H23FN4O2/c1-13-10-20-23(11-13)17-4-3-15(9-16(17)19)21-14-5-7-22(8-6-14)12-18(24)25-2/h3-4,9-11,14,21H,5-8,12H2,1-2H3. The number of hydrogen-bond donors (Lipinski definition) is 1. The lowest BCUT2D eigenvalue weighted by molar-refractivity contribution is -0.142. The van der Waals surface area contributed by atoms with E-state index in [0.717, 1.165) is 37.2 Å². The van der Waals surface area contributed by atoms with Crippen molar-refractivity contribution in [3.63, 3.8) is 0 Å². The second-order valence-corrected chi connectivity index (χ2v) is 6.40. The van der Waals surface area contributed by atoms with Crippen LogP contribution in [0, 0.1) is 12.7 Å². The second kappa shape index (κ2) is 7.65. The predicted molar refractivity (Wildman–Crippen MR) is 93.4 cm³/mol. The number of halogens is 1. The Labute approximate surface area is 146 Å². The summed E-state index contributed by atoms with van der Waals surface area (Å²) in [5, 5.41) is 7.53. The number of nitrogens with zero attached hydrogens (tertiary/aromatic N) is 3. The van der Waals surface area contributed by atoms with E-state index in [2.05, 4.69) is 15.3 Å². The van der Waals surface area contributed by atoms with Gasteiger partial charge in [0.15, 0.2) is 5.82 Å². The van der Waals surface area contributed by atoms with E-state index in [-0.39, 0.29) is 17.8 Å². The molecule has 0 aliphatic carbocycles. The van der Waals surface area contributed by atoms with Crippen molar-refractivity contribution < 1.29 is 13.9 Å². The molecule has 3 rings (SSSR count). The van der Waals surface area contributed by atoms with Crippen molar-refractivity contribution in [3.05, 3.63) is 42.0 Å². The van der Waals surface area contributed by atoms with Crippen LogP contribution >= 0.6 is 0 Å². The molecule has 0 unspecified atom stereocenters. The van der Waals surface area contributed by atoms with Crippen LogP contribution in [-0.2, 0) is 9.53 Å². The molecule has 2 heterocycles. The van der Waals surface area contributed by atoms with E-state index in [4.69, 9.17) is 4.74 Å². The van der Waals surface area contributed by atoms with Crippen LogP contribution in [0.25, 0.3) is 5.69 Å². The molecular formula is C18H23FN4O2. The number of anilines is 1. The first-order valence-electron chi connectivity index (χ1n) is 8.42. The highest BCUT2D eigenvalue weighted by molar-refractivity contribution is 5.71. The minimum absolute atomic E-state index is 0.210. The lowest BCUT2D eigenvalue weighted by Gasteiger charge is -2.32. The summed E-state index contributed by atoms with van der Waals surface area (Å²) in [6, 6.07) is 5.38. The highest BCUT2D eigenvalue weighted by Crippen LogP contribution is 2.21. The summed E-state index contributed by atoms with van der Waals surface area (Å²) >= 11 is 0. The Morgan fingerprint density at radius 1 is 1.40 bits per heavy atom. The first-order valence-corrected chi connectivity index (χ1v) is 8.42. The van der Waals surface area contributed by atoms with Gasteiger partial charge >= 0.3 is 5.97 Å². The number of methoxy groups -OCH3 is 1. The van der Waals surface area contributed by atoms with Crippen molar-refractivity contribution >= 4 is 11.7 Å². The summed E-state index contributed by atoms with van der Waals surface area (Å²) in [4.78, 5) is 13.4. The highest BCUT2D eigenvalue weighted by Gasteiger charge is 2.21. The number of benzene rings is 1. The Bertz CT molecular complexity index is 738. The molecule has 0 amide bonds. The maximum atomic E-state index is 14.4. The number of aryl methyl sites for hydroxylation is 1. The van der Waals surface area contributed by atoms with Crippen molar-refractivity contribution in [2.75, 3.05) is 32.1 Å². The minimum Gasteiger partial charge on any atom is -0.468 e. The second-order valence-electron chi connectivity index (χ2n) is 6.40. The fraction of sp³-hybridized carbons (Fsp3) is 0.444. The molecule has 1 aliphatic rings. The van der Waals surface area contributed by atoms with Gasteiger partial charge in [-0.2, -0.15) is 5.10 Å². The molecule has 0 saturated carbocycles. The van der Waals surface area contributed by atoms with E-state index in [9.17, 15) is 9.18 Å². The fourth-order valence-electron chi connectivity index (χ4n) is 3.05. The van der Waals surface area contributed by atoms with Crippen LogP contribution in [-0.4, -0.2) is 53.4 Å². The fourth-order valence-corrected chi connectivity index (χ4v) is 3.05. The van der Waals surface area contributed by atoms with E-state index < -0.39 is 0 Å². The Kier molecular flexibility index (Phi) is 5.33. The number of esters is 1. The normalized spacial score (nSPS) is 16.0. The van der Waals surface area contributed by atoms with Crippen molar-refractivity contribution in [2.24, 2.45) is 0 Å². The number of ether oxygens (including phenoxy) is 1. The van der Waals surface area contributed by atoms with Crippen molar-refractivity contribution in [3.8, 4) is 5.69 Å². The van der Waals surface area contributed by atoms with E-state index in [1.54, 1.807) is 23.1 Å². The minimum atomic E-state index is -0.309. The topological polar surface area (TPSA) is 59.4 Å². The van der Waals surface area contributed by atoms with Crippen molar-refractivity contribution in [1.29, 1.82) is 0 Å². The first-order chi connectivity index (χ1) is 12.0. The van der Waals surface area contributed by atoms with E-state index in [1.807, 2.05) is 13.0 Å². The van der Waals surface area contributed by atoms with Gasteiger partial charge in [-0.05, 0) is 43.5 Å². The van der Waals surface area contributed by atoms with Gasteiger partial charge in [-0.1, -0.05) is 0 Å². The van der Waals surface area contributed by atoms with Crippen LogP contribution in [0.1, 0.15) is 18.4 Å². The summed E-state index contributed by atoms with van der Waals surface area (Å²) in [6.07, 6.45) is 5.30. The van der Waals surface area contributed by atoms with E-state index in [1.165, 1.54) is 13.2 Å². The van der Waals surface area contributed by atoms with Gasteiger partial charge < -0.3 is 10.1 Å². The van der Waals surface area contributed by atoms with Crippen LogP contribution in [0.5, 0.6) is 0 Å². The summed E-state index contributed by atoms with van der Waals surface area (Å²) in [5.41, 5.74) is 2.18. The number of carbonyl (C=O) groups is 1. The Morgan fingerprint density at radius 2 is 2.16 bits per heavy atom. The van der Waals surface area contributed by atoms with Gasteiger partial charge in [0.2, 0.25) is 0 Å². The zero-order chi connectivity index (χ0) is 17.8. The van der Waals surface area contributed by atoms with Gasteiger partial charge in [0.1, 0.15) is 5.69 Å². The molecule has 25 heavy (non-hydrogen) atoms. The number of carbonyl (C=O) groups excluding carboxylic acids is 1. The third kappa shape index (κ3) is 4.36. The number of piperidine rings is 1. The largest absolute Gasteiger partial charge is 0.468 e. The van der Waals surface area contributed by atoms with E-state index in [0.29, 0.717) is 12.2 Å². The molecular weight excluding hydrogens is 323 g/mol. The molecule has 7 heteroatoms. The Balaban J connectivity index is 1.57. The molecule has 1 aromatic heterocycles. The molecule has 0 radical (unpaired) electrons. The van der Waals surface area contributed by atoms with Gasteiger partial charge in [0, 0.05) is 31.0 Å². The van der Waals surface area contributed by atoms with Crippen molar-refractivity contribution in [2.45, 2.75) is 25.8 Å². The number of aromatic nitrogens is 2. The predicted octanol–water partition coefficient (Wildman–Crippen LogP) is 2.37. The summed E-state index contributed by atoms with van der Waals surface area (Å²) in [6.45, 7) is 3.89. The van der Waals surface area contributed by atoms with Gasteiger partial charge in [0.25, 0.3) is 0 Å². The molecule has 134 valence electrons. The lowest BCUT2D eigenvalue weighted by Crippen LogP contribution is -2.41. The maximum Gasteiger partial charge on any atom is 0.319 e. The van der Waals surface area contributed by atoms with Crippen LogP contribution in [0.15, 0.2) is 30.6 Å². The highest BCUT2D eigenvalue weighted by atomic mass is 19.1. The molecule has 2 aromatic rings. The lowest BCUT2D eigenvalue weighted by atomic mass is 10.0. The monoisotopic (exact) mass is 346 g/mol. The average molecular weight is 346 g/mol.